The first kappa shape index (κ1) is 33.6. The lowest BCUT2D eigenvalue weighted by atomic mass is 9.75. The van der Waals surface area contributed by atoms with Crippen LogP contribution in [0.4, 0.5) is 30.7 Å². The van der Waals surface area contributed by atoms with Crippen LogP contribution in [-0.4, -0.2) is 47.9 Å². The van der Waals surface area contributed by atoms with Gasteiger partial charge in [0, 0.05) is 24.9 Å². The third-order valence-electron chi connectivity index (χ3n) is 8.20. The highest BCUT2D eigenvalue weighted by Crippen LogP contribution is 2.40. The van der Waals surface area contributed by atoms with Crippen LogP contribution in [0.2, 0.25) is 0 Å². The molecular weight excluding hydrogens is 617 g/mol. The van der Waals surface area contributed by atoms with Crippen LogP contribution >= 0.6 is 0 Å². The highest BCUT2D eigenvalue weighted by Gasteiger charge is 2.39. The molecule has 2 aliphatic rings. The molecule has 0 amide bonds. The summed E-state index contributed by atoms with van der Waals surface area (Å²) in [5, 5.41) is 9.73. The summed E-state index contributed by atoms with van der Waals surface area (Å²) in [5.41, 5.74) is 5.74. The van der Waals surface area contributed by atoms with Crippen molar-refractivity contribution >= 4 is 11.4 Å². The SMILES string of the molecule is C=C(C)c1ccc(C(c2ccc(F)cc2)C2CN(CC3=NC(O)NN3)CCC2OCc2cc(C(F)(F)F)cc(C(F)(F)F)c2)cc1. The van der Waals surface area contributed by atoms with E-state index in [0.29, 0.717) is 44.0 Å². The van der Waals surface area contributed by atoms with Crippen LogP contribution in [-0.2, 0) is 23.7 Å². The molecule has 0 radical (unpaired) electrons. The molecule has 1 fully saturated rings. The summed E-state index contributed by atoms with van der Waals surface area (Å²) in [6.45, 7) is 6.57. The monoisotopic (exact) mass is 650 g/mol. The molecule has 3 aromatic rings. The molecule has 246 valence electrons. The minimum Gasteiger partial charge on any atom is -0.373 e. The molecule has 13 heteroatoms. The van der Waals surface area contributed by atoms with Crippen molar-refractivity contribution < 1.29 is 40.6 Å². The van der Waals surface area contributed by atoms with Gasteiger partial charge in [-0.2, -0.15) is 31.8 Å². The summed E-state index contributed by atoms with van der Waals surface area (Å²) in [7, 11) is 0. The average molecular weight is 651 g/mol. The van der Waals surface area contributed by atoms with Crippen LogP contribution in [0.3, 0.4) is 0 Å². The van der Waals surface area contributed by atoms with Crippen molar-refractivity contribution in [2.75, 3.05) is 19.6 Å². The highest BCUT2D eigenvalue weighted by molar-refractivity contribution is 5.84. The maximum absolute atomic E-state index is 14.0. The van der Waals surface area contributed by atoms with Crippen molar-refractivity contribution in [1.29, 1.82) is 0 Å². The predicted molar refractivity (Wildman–Crippen MR) is 159 cm³/mol. The minimum absolute atomic E-state index is 0.0928. The van der Waals surface area contributed by atoms with Crippen molar-refractivity contribution in [2.24, 2.45) is 10.9 Å². The third kappa shape index (κ3) is 8.13. The number of aliphatic imine (C=N–C) groups is 1. The summed E-state index contributed by atoms with van der Waals surface area (Å²) in [6, 6.07) is 15.1. The summed E-state index contributed by atoms with van der Waals surface area (Å²) in [6.07, 6.45) is -11.3. The second-order valence-corrected chi connectivity index (χ2v) is 11.6. The van der Waals surface area contributed by atoms with Crippen molar-refractivity contribution in [3.63, 3.8) is 0 Å². The molecule has 0 spiro atoms. The lowest BCUT2D eigenvalue weighted by molar-refractivity contribution is -0.143. The zero-order valence-corrected chi connectivity index (χ0v) is 24.8. The van der Waals surface area contributed by atoms with Crippen LogP contribution < -0.4 is 10.9 Å². The van der Waals surface area contributed by atoms with Gasteiger partial charge in [0.1, 0.15) is 11.7 Å². The molecule has 2 aliphatic heterocycles. The molecule has 4 atom stereocenters. The molecule has 5 rings (SSSR count). The van der Waals surface area contributed by atoms with Crippen molar-refractivity contribution in [3.8, 4) is 0 Å². The molecular formula is C33H33F7N4O2. The van der Waals surface area contributed by atoms with E-state index in [-0.39, 0.29) is 23.5 Å². The normalized spacial score (nSPS) is 21.5. The van der Waals surface area contributed by atoms with Gasteiger partial charge in [0.05, 0.1) is 30.4 Å². The Balaban J connectivity index is 1.50. The Bertz CT molecular complexity index is 1520. The number of nitrogens with one attached hydrogen (secondary N) is 2. The van der Waals surface area contributed by atoms with Gasteiger partial charge in [0.15, 0.2) is 0 Å². The van der Waals surface area contributed by atoms with Crippen molar-refractivity contribution in [3.05, 3.63) is 113 Å². The van der Waals surface area contributed by atoms with Gasteiger partial charge in [-0.05, 0) is 65.9 Å². The quantitative estimate of drug-likeness (QED) is 0.225. The number of hydrogen-bond acceptors (Lipinski definition) is 6. The van der Waals surface area contributed by atoms with Gasteiger partial charge in [-0.3, -0.25) is 4.90 Å². The fourth-order valence-electron chi connectivity index (χ4n) is 5.99. The van der Waals surface area contributed by atoms with Crippen LogP contribution in [0.25, 0.3) is 5.57 Å². The van der Waals surface area contributed by atoms with E-state index in [4.69, 9.17) is 4.74 Å². The number of likely N-dealkylation sites (tertiary alicyclic amines) is 1. The Morgan fingerprint density at radius 1 is 0.978 bits per heavy atom. The van der Waals surface area contributed by atoms with E-state index in [9.17, 15) is 35.8 Å². The van der Waals surface area contributed by atoms with E-state index >= 15 is 0 Å². The van der Waals surface area contributed by atoms with Crippen LogP contribution in [0.15, 0.2) is 78.3 Å². The fourth-order valence-corrected chi connectivity index (χ4v) is 5.99. The molecule has 4 unspecified atom stereocenters. The van der Waals surface area contributed by atoms with Crippen molar-refractivity contribution in [2.45, 2.75) is 50.7 Å². The van der Waals surface area contributed by atoms with E-state index < -0.39 is 48.4 Å². The van der Waals surface area contributed by atoms with Gasteiger partial charge in [0.2, 0.25) is 6.35 Å². The van der Waals surface area contributed by atoms with Gasteiger partial charge in [0.25, 0.3) is 0 Å². The number of alkyl halides is 6. The maximum Gasteiger partial charge on any atom is 0.416 e. The molecule has 6 nitrogen and oxygen atoms in total. The molecule has 0 saturated carbocycles. The lowest BCUT2D eigenvalue weighted by Crippen LogP contribution is -2.50. The minimum atomic E-state index is -4.98. The van der Waals surface area contributed by atoms with E-state index in [1.807, 2.05) is 31.2 Å². The first-order valence-corrected chi connectivity index (χ1v) is 14.6. The third-order valence-corrected chi connectivity index (χ3v) is 8.20. The summed E-state index contributed by atoms with van der Waals surface area (Å²) in [4.78, 5) is 6.17. The zero-order valence-electron chi connectivity index (χ0n) is 24.8. The number of hydrazine groups is 1. The second kappa shape index (κ2) is 13.5. The number of benzene rings is 3. The Hall–Kier alpha value is -3.78. The number of aliphatic hydroxyl groups is 1. The van der Waals surface area contributed by atoms with E-state index in [1.165, 1.54) is 12.1 Å². The number of piperidine rings is 1. The summed E-state index contributed by atoms with van der Waals surface area (Å²) in [5.74, 6) is -0.692. The van der Waals surface area contributed by atoms with E-state index in [1.54, 1.807) is 12.1 Å². The molecule has 0 bridgehead atoms. The Labute approximate surface area is 261 Å². The first-order valence-electron chi connectivity index (χ1n) is 14.6. The number of aliphatic hydroxyl groups excluding tert-OH is 1. The molecule has 46 heavy (non-hydrogen) atoms. The van der Waals surface area contributed by atoms with E-state index in [0.717, 1.165) is 22.3 Å². The van der Waals surface area contributed by atoms with Gasteiger partial charge in [-0.15, -0.1) is 0 Å². The van der Waals surface area contributed by atoms with Crippen LogP contribution in [0.1, 0.15) is 52.6 Å². The van der Waals surface area contributed by atoms with Gasteiger partial charge in [-0.1, -0.05) is 48.6 Å². The maximum atomic E-state index is 14.0. The van der Waals surface area contributed by atoms with E-state index in [2.05, 4.69) is 27.3 Å². The Morgan fingerprint density at radius 2 is 1.57 bits per heavy atom. The average Bonchev–Trinajstić information content (AvgIpc) is 3.41. The number of amidine groups is 1. The van der Waals surface area contributed by atoms with Crippen LogP contribution in [0, 0.1) is 11.7 Å². The Morgan fingerprint density at radius 3 is 2.09 bits per heavy atom. The predicted octanol–water partition coefficient (Wildman–Crippen LogP) is 6.72. The molecule has 0 aromatic heterocycles. The van der Waals surface area contributed by atoms with Gasteiger partial charge >= 0.3 is 12.4 Å². The number of hydrogen-bond donors (Lipinski definition) is 3. The Kier molecular flexibility index (Phi) is 9.87. The standard InChI is InChI=1S/C33H33F7N4O2/c1-19(2)21-3-5-22(6-4-21)30(23-7-9-26(34)10-8-23)27-16-44(17-29-41-31(45)43-42-29)12-11-28(27)46-18-20-13-24(32(35,36)37)15-25(14-20)33(38,39)40/h3-10,13-15,27-28,30-31,43,45H,1,11-12,16-18H2,2H3,(H,41,42). The topological polar surface area (TPSA) is 69.1 Å². The second-order valence-electron chi connectivity index (χ2n) is 11.6. The molecule has 3 aromatic carbocycles. The molecule has 0 aliphatic carbocycles. The zero-order chi connectivity index (χ0) is 33.2. The molecule has 3 N–H and O–H groups in total. The smallest absolute Gasteiger partial charge is 0.373 e. The molecule has 1 saturated heterocycles. The number of allylic oxidation sites excluding steroid dienone is 1. The lowest BCUT2D eigenvalue weighted by Gasteiger charge is -2.42. The van der Waals surface area contributed by atoms with Crippen LogP contribution in [0.5, 0.6) is 0 Å². The fraction of sp³-hybridized carbons (Fsp3) is 0.364. The van der Waals surface area contributed by atoms with Gasteiger partial charge < -0.3 is 15.3 Å². The molecule has 2 heterocycles. The number of rotatable bonds is 9. The summed E-state index contributed by atoms with van der Waals surface area (Å²) >= 11 is 0. The van der Waals surface area contributed by atoms with Gasteiger partial charge in [-0.25, -0.2) is 9.38 Å². The largest absolute Gasteiger partial charge is 0.416 e. The first-order chi connectivity index (χ1) is 21.7. The number of ether oxygens (including phenoxy) is 1. The summed E-state index contributed by atoms with van der Waals surface area (Å²) < 4.78 is 101. The highest BCUT2D eigenvalue weighted by atomic mass is 19.4. The van der Waals surface area contributed by atoms with Crippen molar-refractivity contribution in [1.82, 2.24) is 15.8 Å². The number of halogens is 7. The number of nitrogens with zero attached hydrogens (tertiary/aromatic N) is 2.